The monoisotopic (exact) mass is 210 g/mol. The van der Waals surface area contributed by atoms with Crippen LogP contribution in [0.2, 0.25) is 0 Å². The summed E-state index contributed by atoms with van der Waals surface area (Å²) in [5.41, 5.74) is -1.95. The zero-order chi connectivity index (χ0) is 11.0. The Balaban J connectivity index is 2.57. The predicted molar refractivity (Wildman–Crippen MR) is 44.9 cm³/mol. The van der Waals surface area contributed by atoms with Crippen molar-refractivity contribution in [2.24, 2.45) is 0 Å². The van der Waals surface area contributed by atoms with Crippen LogP contribution in [0.25, 0.3) is 0 Å². The number of hydrogen-bond donors (Lipinski definition) is 1. The van der Waals surface area contributed by atoms with E-state index in [2.05, 4.69) is 0 Å². The van der Waals surface area contributed by atoms with Crippen molar-refractivity contribution in [3.05, 3.63) is 0 Å². The first-order valence-electron chi connectivity index (χ1n) is 4.42. The molecule has 0 aromatic rings. The van der Waals surface area contributed by atoms with Gasteiger partial charge in [0.15, 0.2) is 0 Å². The third-order valence-corrected chi connectivity index (χ3v) is 2.46. The van der Waals surface area contributed by atoms with Crippen molar-refractivity contribution in [2.75, 3.05) is 13.6 Å². The summed E-state index contributed by atoms with van der Waals surface area (Å²) in [5.74, 6) is 0. The second kappa shape index (κ2) is 3.33. The highest BCUT2D eigenvalue weighted by Gasteiger charge is 2.64. The number of urea groups is 1. The van der Waals surface area contributed by atoms with Crippen LogP contribution in [0.5, 0.6) is 0 Å². The Hall–Kier alpha value is -0.940. The fourth-order valence-corrected chi connectivity index (χ4v) is 1.05. The standard InChI is InChI=1S/C8H13F3N2O/c1-3-13(2)6(14)12-7(4-5-7)8(9,10)11/h3-5H2,1-2H3,(H,12,14). The maximum Gasteiger partial charge on any atom is 0.411 e. The van der Waals surface area contributed by atoms with Crippen molar-refractivity contribution in [3.8, 4) is 0 Å². The van der Waals surface area contributed by atoms with Crippen molar-refractivity contribution in [3.63, 3.8) is 0 Å². The van der Waals surface area contributed by atoms with E-state index in [4.69, 9.17) is 0 Å². The molecular weight excluding hydrogens is 197 g/mol. The average Bonchev–Trinajstić information content (AvgIpc) is 2.82. The lowest BCUT2D eigenvalue weighted by Gasteiger charge is -2.24. The number of nitrogens with one attached hydrogen (secondary N) is 1. The molecule has 0 heterocycles. The minimum absolute atomic E-state index is 0.0141. The van der Waals surface area contributed by atoms with Crippen molar-refractivity contribution >= 4 is 6.03 Å². The van der Waals surface area contributed by atoms with E-state index < -0.39 is 17.7 Å². The van der Waals surface area contributed by atoms with Gasteiger partial charge >= 0.3 is 12.2 Å². The number of alkyl halides is 3. The summed E-state index contributed by atoms with van der Waals surface area (Å²) < 4.78 is 37.2. The zero-order valence-electron chi connectivity index (χ0n) is 8.11. The van der Waals surface area contributed by atoms with Gasteiger partial charge in [0.05, 0.1) is 0 Å². The lowest BCUT2D eigenvalue weighted by atomic mass is 10.2. The van der Waals surface area contributed by atoms with E-state index in [0.717, 1.165) is 0 Å². The van der Waals surface area contributed by atoms with Gasteiger partial charge in [0.1, 0.15) is 5.54 Å². The highest BCUT2D eigenvalue weighted by Crippen LogP contribution is 2.48. The normalized spacial score (nSPS) is 18.9. The van der Waals surface area contributed by atoms with Crippen LogP contribution in [-0.2, 0) is 0 Å². The molecule has 3 nitrogen and oxygen atoms in total. The Bertz CT molecular complexity index is 235. The summed E-state index contributed by atoms with van der Waals surface area (Å²) in [7, 11) is 1.46. The number of halogens is 3. The molecule has 0 radical (unpaired) electrons. The van der Waals surface area contributed by atoms with Gasteiger partial charge in [-0.2, -0.15) is 13.2 Å². The van der Waals surface area contributed by atoms with Crippen LogP contribution in [0.3, 0.4) is 0 Å². The Morgan fingerprint density at radius 2 is 2.00 bits per heavy atom. The molecule has 1 saturated carbocycles. The summed E-state index contributed by atoms with van der Waals surface area (Å²) in [6.45, 7) is 2.09. The number of rotatable bonds is 2. The molecule has 1 rings (SSSR count). The third-order valence-electron chi connectivity index (χ3n) is 2.46. The van der Waals surface area contributed by atoms with Gasteiger partial charge in [0.25, 0.3) is 0 Å². The number of carbonyl (C=O) groups excluding carboxylic acids is 1. The van der Waals surface area contributed by atoms with E-state index in [0.29, 0.717) is 6.54 Å². The Kier molecular flexibility index (Phi) is 2.65. The molecule has 1 aliphatic carbocycles. The summed E-state index contributed by atoms with van der Waals surface area (Å²) in [6, 6.07) is -0.665. The molecule has 1 fully saturated rings. The van der Waals surface area contributed by atoms with E-state index in [1.165, 1.54) is 11.9 Å². The summed E-state index contributed by atoms with van der Waals surface area (Å²) in [6.07, 6.45) is -4.36. The van der Waals surface area contributed by atoms with Crippen LogP contribution in [0.15, 0.2) is 0 Å². The van der Waals surface area contributed by atoms with Gasteiger partial charge in [0.2, 0.25) is 0 Å². The lowest BCUT2D eigenvalue weighted by molar-refractivity contribution is -0.163. The Morgan fingerprint density at radius 1 is 1.50 bits per heavy atom. The summed E-state index contributed by atoms with van der Waals surface area (Å²) in [5, 5.41) is 2.02. The molecule has 14 heavy (non-hydrogen) atoms. The topological polar surface area (TPSA) is 32.3 Å². The maximum atomic E-state index is 12.4. The van der Waals surface area contributed by atoms with E-state index in [9.17, 15) is 18.0 Å². The van der Waals surface area contributed by atoms with Crippen molar-refractivity contribution in [2.45, 2.75) is 31.5 Å². The predicted octanol–water partition coefficient (Wildman–Crippen LogP) is 1.74. The molecule has 1 aliphatic rings. The van der Waals surface area contributed by atoms with Gasteiger partial charge in [-0.15, -0.1) is 0 Å². The molecule has 0 unspecified atom stereocenters. The van der Waals surface area contributed by atoms with Gasteiger partial charge in [0, 0.05) is 13.6 Å². The quantitative estimate of drug-likeness (QED) is 0.739. The maximum absolute atomic E-state index is 12.4. The minimum atomic E-state index is -4.34. The van der Waals surface area contributed by atoms with Gasteiger partial charge in [-0.25, -0.2) is 4.79 Å². The fourth-order valence-electron chi connectivity index (χ4n) is 1.05. The van der Waals surface area contributed by atoms with Crippen LogP contribution in [-0.4, -0.2) is 36.2 Å². The largest absolute Gasteiger partial charge is 0.411 e. The van der Waals surface area contributed by atoms with Gasteiger partial charge in [-0.05, 0) is 19.8 Å². The molecule has 0 aromatic carbocycles. The Labute approximate surface area is 80.3 Å². The molecule has 82 valence electrons. The molecule has 0 aromatic heterocycles. The summed E-state index contributed by atoms with van der Waals surface area (Å²) in [4.78, 5) is 12.4. The minimum Gasteiger partial charge on any atom is -0.328 e. The molecule has 0 bridgehead atoms. The first kappa shape index (κ1) is 11.1. The first-order valence-corrected chi connectivity index (χ1v) is 4.42. The van der Waals surface area contributed by atoms with Crippen LogP contribution in [0.1, 0.15) is 19.8 Å². The number of carbonyl (C=O) groups is 1. The van der Waals surface area contributed by atoms with Gasteiger partial charge in [-0.3, -0.25) is 0 Å². The molecule has 2 amide bonds. The molecular formula is C8H13F3N2O. The van der Waals surface area contributed by atoms with E-state index in [-0.39, 0.29) is 12.8 Å². The van der Waals surface area contributed by atoms with Gasteiger partial charge < -0.3 is 10.2 Å². The number of amides is 2. The second-order valence-electron chi connectivity index (χ2n) is 3.52. The second-order valence-corrected chi connectivity index (χ2v) is 3.52. The van der Waals surface area contributed by atoms with Crippen LogP contribution >= 0.6 is 0 Å². The third kappa shape index (κ3) is 1.93. The van der Waals surface area contributed by atoms with Crippen LogP contribution in [0, 0.1) is 0 Å². The summed E-state index contributed by atoms with van der Waals surface area (Å²) >= 11 is 0. The molecule has 0 saturated heterocycles. The molecule has 0 atom stereocenters. The molecule has 0 aliphatic heterocycles. The number of nitrogens with zero attached hydrogens (tertiary/aromatic N) is 1. The Morgan fingerprint density at radius 3 is 2.29 bits per heavy atom. The van der Waals surface area contributed by atoms with Crippen LogP contribution < -0.4 is 5.32 Å². The SMILES string of the molecule is CCN(C)C(=O)NC1(C(F)(F)F)CC1. The van der Waals surface area contributed by atoms with Crippen molar-refractivity contribution < 1.29 is 18.0 Å². The highest BCUT2D eigenvalue weighted by atomic mass is 19.4. The van der Waals surface area contributed by atoms with Crippen LogP contribution in [0.4, 0.5) is 18.0 Å². The lowest BCUT2D eigenvalue weighted by Crippen LogP contribution is -2.51. The first-order chi connectivity index (χ1) is 6.32. The zero-order valence-corrected chi connectivity index (χ0v) is 8.11. The fraction of sp³-hybridized carbons (Fsp3) is 0.875. The van der Waals surface area contributed by atoms with Crippen molar-refractivity contribution in [1.82, 2.24) is 10.2 Å². The smallest absolute Gasteiger partial charge is 0.328 e. The molecule has 6 heteroatoms. The van der Waals surface area contributed by atoms with E-state index in [1.807, 2.05) is 5.32 Å². The molecule has 1 N–H and O–H groups in total. The van der Waals surface area contributed by atoms with E-state index in [1.54, 1.807) is 6.92 Å². The number of hydrogen-bond acceptors (Lipinski definition) is 1. The average molecular weight is 210 g/mol. The molecule has 0 spiro atoms. The van der Waals surface area contributed by atoms with Crippen molar-refractivity contribution in [1.29, 1.82) is 0 Å². The highest BCUT2D eigenvalue weighted by molar-refractivity contribution is 5.75. The van der Waals surface area contributed by atoms with E-state index >= 15 is 0 Å². The van der Waals surface area contributed by atoms with Gasteiger partial charge in [-0.1, -0.05) is 0 Å².